The molecule has 0 saturated heterocycles. The van der Waals surface area contributed by atoms with Crippen LogP contribution in [0, 0.1) is 16.6 Å². The van der Waals surface area contributed by atoms with Crippen LogP contribution in [-0.2, 0) is 14.3 Å². The van der Waals surface area contributed by atoms with Crippen LogP contribution in [0.1, 0.15) is 33.1 Å². The number of rotatable bonds is 4. The summed E-state index contributed by atoms with van der Waals surface area (Å²) in [5.41, 5.74) is -0.306. The highest BCUT2D eigenvalue weighted by molar-refractivity contribution is 6.01. The van der Waals surface area contributed by atoms with Gasteiger partial charge < -0.3 is 10.1 Å². The second-order valence-corrected chi connectivity index (χ2v) is 6.51. The molecule has 0 aliphatic heterocycles. The number of ether oxygens (including phenoxy) is 1. The molecule has 4 nitrogen and oxygen atoms in total. The molecule has 112 valence electrons. The summed E-state index contributed by atoms with van der Waals surface area (Å²) in [6.45, 7) is 3.64. The van der Waals surface area contributed by atoms with Crippen LogP contribution in [0.5, 0.6) is 0 Å². The van der Waals surface area contributed by atoms with Crippen LogP contribution in [-0.4, -0.2) is 18.0 Å². The molecule has 3 fully saturated rings. The van der Waals surface area contributed by atoms with E-state index in [0.29, 0.717) is 24.9 Å². The Morgan fingerprint density at radius 2 is 1.71 bits per heavy atom. The molecule has 5 heteroatoms. The monoisotopic (exact) mass is 291 g/mol. The largest absolute Gasteiger partial charge is 0.463 e. The molecule has 0 heterocycles. The Bertz CT molecular complexity index is 574. The quantitative estimate of drug-likeness (QED) is 0.868. The first-order chi connectivity index (χ1) is 9.85. The maximum absolute atomic E-state index is 12.8. The van der Waals surface area contributed by atoms with Gasteiger partial charge in [0.2, 0.25) is 5.91 Å². The van der Waals surface area contributed by atoms with E-state index in [9.17, 15) is 14.0 Å². The van der Waals surface area contributed by atoms with E-state index < -0.39 is 10.8 Å². The summed E-state index contributed by atoms with van der Waals surface area (Å²) in [4.78, 5) is 24.2. The van der Waals surface area contributed by atoms with Gasteiger partial charge in [0.25, 0.3) is 0 Å². The van der Waals surface area contributed by atoms with Crippen molar-refractivity contribution in [2.45, 2.75) is 39.2 Å². The Hall–Kier alpha value is -1.91. The molecule has 2 bridgehead atoms. The first-order valence-electron chi connectivity index (χ1n) is 7.13. The minimum Gasteiger partial charge on any atom is -0.463 e. The van der Waals surface area contributed by atoms with Crippen molar-refractivity contribution in [2.24, 2.45) is 10.8 Å². The average molecular weight is 291 g/mol. The fraction of sp³-hybridized carbons (Fsp3) is 0.500. The summed E-state index contributed by atoms with van der Waals surface area (Å²) >= 11 is 0. The molecule has 0 unspecified atom stereocenters. The molecule has 0 radical (unpaired) electrons. The summed E-state index contributed by atoms with van der Waals surface area (Å²) in [5, 5.41) is 2.79. The van der Waals surface area contributed by atoms with Crippen molar-refractivity contribution < 1.29 is 18.7 Å². The lowest BCUT2D eigenvalue weighted by atomic mass is 9.35. The number of carbonyl (C=O) groups excluding carboxylic acids is 2. The zero-order chi connectivity index (χ0) is 15.3. The van der Waals surface area contributed by atoms with E-state index in [1.54, 1.807) is 0 Å². The van der Waals surface area contributed by atoms with Crippen LogP contribution >= 0.6 is 0 Å². The number of amides is 1. The van der Waals surface area contributed by atoms with Crippen molar-refractivity contribution in [3.8, 4) is 0 Å². The maximum Gasteiger partial charge on any atom is 0.312 e. The number of carbonyl (C=O) groups is 2. The summed E-state index contributed by atoms with van der Waals surface area (Å²) in [6.07, 6.45) is 1.53. The van der Waals surface area contributed by atoms with Gasteiger partial charge in [0.05, 0.1) is 16.9 Å². The van der Waals surface area contributed by atoms with Crippen molar-refractivity contribution in [1.82, 2.24) is 0 Å². The molecule has 21 heavy (non-hydrogen) atoms. The van der Waals surface area contributed by atoms with Crippen LogP contribution in [0.25, 0.3) is 0 Å². The van der Waals surface area contributed by atoms with Gasteiger partial charge >= 0.3 is 5.97 Å². The SMILES string of the molecule is CC(C)OC(=O)C12CC(C(=O)Nc3ccc(F)cc3)(C1)C2. The van der Waals surface area contributed by atoms with Crippen molar-refractivity contribution in [2.75, 3.05) is 5.32 Å². The number of hydrogen-bond acceptors (Lipinski definition) is 3. The Labute approximate surface area is 122 Å². The van der Waals surface area contributed by atoms with E-state index >= 15 is 0 Å². The molecule has 1 amide bonds. The van der Waals surface area contributed by atoms with E-state index in [1.807, 2.05) is 13.8 Å². The molecule has 0 atom stereocenters. The summed E-state index contributed by atoms with van der Waals surface area (Å²) in [5.74, 6) is -0.615. The van der Waals surface area contributed by atoms with Crippen molar-refractivity contribution in [1.29, 1.82) is 0 Å². The first kappa shape index (κ1) is 14.0. The van der Waals surface area contributed by atoms with Gasteiger partial charge in [-0.2, -0.15) is 0 Å². The number of hydrogen-bond donors (Lipinski definition) is 1. The zero-order valence-corrected chi connectivity index (χ0v) is 12.1. The molecule has 3 aliphatic rings. The lowest BCUT2D eigenvalue weighted by molar-refractivity contribution is -0.224. The van der Waals surface area contributed by atoms with E-state index in [2.05, 4.69) is 5.32 Å². The Morgan fingerprint density at radius 3 is 2.24 bits per heavy atom. The fourth-order valence-electron chi connectivity index (χ4n) is 3.38. The van der Waals surface area contributed by atoms with Gasteiger partial charge in [0.15, 0.2) is 0 Å². The third-order valence-corrected chi connectivity index (χ3v) is 4.39. The molecular weight excluding hydrogens is 273 g/mol. The molecular formula is C16H18FNO3. The Balaban J connectivity index is 1.58. The minimum absolute atomic E-state index is 0.0895. The predicted octanol–water partition coefficient (Wildman–Crippen LogP) is 2.89. The smallest absolute Gasteiger partial charge is 0.312 e. The summed E-state index contributed by atoms with van der Waals surface area (Å²) in [6, 6.07) is 5.67. The first-order valence-corrected chi connectivity index (χ1v) is 7.13. The standard InChI is InChI=1S/C16H18FNO3/c1-10(2)21-14(20)16-7-15(8-16,9-16)13(19)18-12-5-3-11(17)4-6-12/h3-6,10H,7-9H2,1-2H3,(H,18,19). The molecule has 4 rings (SSSR count). The molecule has 1 aromatic rings. The van der Waals surface area contributed by atoms with Gasteiger partial charge in [0.1, 0.15) is 5.82 Å². The van der Waals surface area contributed by atoms with Gasteiger partial charge in [-0.15, -0.1) is 0 Å². The van der Waals surface area contributed by atoms with E-state index in [1.165, 1.54) is 24.3 Å². The number of anilines is 1. The third kappa shape index (κ3) is 2.20. The summed E-state index contributed by atoms with van der Waals surface area (Å²) in [7, 11) is 0. The maximum atomic E-state index is 12.8. The van der Waals surface area contributed by atoms with Crippen LogP contribution < -0.4 is 5.32 Å². The van der Waals surface area contributed by atoms with Gasteiger partial charge in [-0.25, -0.2) is 4.39 Å². The second kappa shape index (κ2) is 4.55. The minimum atomic E-state index is -0.440. The van der Waals surface area contributed by atoms with Crippen LogP contribution in [0.2, 0.25) is 0 Å². The highest BCUT2D eigenvalue weighted by Crippen LogP contribution is 2.74. The number of benzene rings is 1. The van der Waals surface area contributed by atoms with Gasteiger partial charge in [0, 0.05) is 5.69 Å². The molecule has 1 N–H and O–H groups in total. The van der Waals surface area contributed by atoms with Gasteiger partial charge in [-0.3, -0.25) is 9.59 Å². The van der Waals surface area contributed by atoms with Gasteiger partial charge in [-0.05, 0) is 57.4 Å². The molecule has 1 aromatic carbocycles. The third-order valence-electron chi connectivity index (χ3n) is 4.39. The number of halogens is 1. The molecule has 3 saturated carbocycles. The highest BCUT2D eigenvalue weighted by Gasteiger charge is 2.75. The topological polar surface area (TPSA) is 55.4 Å². The van der Waals surface area contributed by atoms with E-state index in [4.69, 9.17) is 4.74 Å². The summed E-state index contributed by atoms with van der Waals surface area (Å²) < 4.78 is 18.1. The Morgan fingerprint density at radius 1 is 1.14 bits per heavy atom. The van der Waals surface area contributed by atoms with Crippen LogP contribution in [0.3, 0.4) is 0 Å². The van der Waals surface area contributed by atoms with Crippen molar-refractivity contribution in [3.05, 3.63) is 30.1 Å². The van der Waals surface area contributed by atoms with Crippen LogP contribution in [0.15, 0.2) is 24.3 Å². The molecule has 0 spiro atoms. The zero-order valence-electron chi connectivity index (χ0n) is 12.1. The normalized spacial score (nSPS) is 29.3. The fourth-order valence-corrected chi connectivity index (χ4v) is 3.38. The molecule has 0 aromatic heterocycles. The second-order valence-electron chi connectivity index (χ2n) is 6.51. The predicted molar refractivity (Wildman–Crippen MR) is 75.0 cm³/mol. The molecule has 3 aliphatic carbocycles. The van der Waals surface area contributed by atoms with Gasteiger partial charge in [-0.1, -0.05) is 0 Å². The Kier molecular flexibility index (Phi) is 3.04. The lowest BCUT2D eigenvalue weighted by Gasteiger charge is -2.67. The van der Waals surface area contributed by atoms with E-state index in [0.717, 1.165) is 0 Å². The number of nitrogens with one attached hydrogen (secondary N) is 1. The lowest BCUT2D eigenvalue weighted by Crippen LogP contribution is -2.70. The highest BCUT2D eigenvalue weighted by atomic mass is 19.1. The number of esters is 1. The van der Waals surface area contributed by atoms with Crippen LogP contribution in [0.4, 0.5) is 10.1 Å². The van der Waals surface area contributed by atoms with Crippen molar-refractivity contribution in [3.63, 3.8) is 0 Å². The van der Waals surface area contributed by atoms with E-state index in [-0.39, 0.29) is 23.8 Å². The average Bonchev–Trinajstić information content (AvgIpc) is 2.27. The van der Waals surface area contributed by atoms with Crippen molar-refractivity contribution >= 4 is 17.6 Å².